The second kappa shape index (κ2) is 10.2. The molecule has 1 saturated heterocycles. The first-order valence-corrected chi connectivity index (χ1v) is 11.5. The molecule has 31 heavy (non-hydrogen) atoms. The van der Waals surface area contributed by atoms with Crippen LogP contribution in [0.4, 0.5) is 10.5 Å². The molecule has 3 aliphatic rings. The lowest BCUT2D eigenvalue weighted by Crippen LogP contribution is -2.41. The lowest BCUT2D eigenvalue weighted by molar-refractivity contribution is -0.137. The molecule has 7 heteroatoms. The second-order valence-corrected chi connectivity index (χ2v) is 9.47. The van der Waals surface area contributed by atoms with Crippen LogP contribution in [0.1, 0.15) is 56.6 Å². The molecule has 2 aliphatic heterocycles. The van der Waals surface area contributed by atoms with Crippen molar-refractivity contribution in [1.82, 2.24) is 9.80 Å². The van der Waals surface area contributed by atoms with Gasteiger partial charge >= 0.3 is 12.0 Å². The molecule has 1 aromatic carbocycles. The first kappa shape index (κ1) is 23.9. The lowest BCUT2D eigenvalue weighted by Gasteiger charge is -2.34. The van der Waals surface area contributed by atoms with Crippen LogP contribution in [-0.4, -0.2) is 65.7 Å². The highest BCUT2D eigenvalue weighted by Crippen LogP contribution is 2.34. The highest BCUT2D eigenvalue weighted by atomic mass is 35.5. The predicted molar refractivity (Wildman–Crippen MR) is 125 cm³/mol. The van der Waals surface area contributed by atoms with Gasteiger partial charge in [-0.2, -0.15) is 0 Å². The maximum absolute atomic E-state index is 13.2. The molecular weight excluding hydrogens is 414 g/mol. The number of carboxylic acid groups (broad SMARTS) is 1. The molecular formula is C24H36ClN3O3. The molecule has 1 unspecified atom stereocenters. The number of rotatable bonds is 5. The van der Waals surface area contributed by atoms with E-state index in [2.05, 4.69) is 42.0 Å². The van der Waals surface area contributed by atoms with Gasteiger partial charge in [-0.3, -0.25) is 9.69 Å². The fourth-order valence-corrected chi connectivity index (χ4v) is 5.41. The van der Waals surface area contributed by atoms with Crippen LogP contribution in [0, 0.1) is 5.92 Å². The van der Waals surface area contributed by atoms with Crippen LogP contribution in [0.5, 0.6) is 0 Å². The van der Waals surface area contributed by atoms with Gasteiger partial charge in [-0.15, -0.1) is 12.4 Å². The number of carbonyl (C=O) groups is 2. The van der Waals surface area contributed by atoms with E-state index >= 15 is 0 Å². The summed E-state index contributed by atoms with van der Waals surface area (Å²) >= 11 is 0. The summed E-state index contributed by atoms with van der Waals surface area (Å²) < 4.78 is 0. The minimum absolute atomic E-state index is 0. The van der Waals surface area contributed by atoms with Gasteiger partial charge in [0.05, 0.1) is 0 Å². The Kier molecular flexibility index (Phi) is 7.87. The van der Waals surface area contributed by atoms with Gasteiger partial charge in [0.15, 0.2) is 0 Å². The Hall–Kier alpha value is -1.79. The standard InChI is InChI=1S/C24H35N3O3.ClH/c1-17-15-20-16-22(9-6-19(20)11-12-25(17)2)27-14-13-26(24(27)30)21-7-3-18(4-8-21)5-10-23(28)29;/h6,9,16-18,21H,3-5,7-8,10-15H2,1-2H3,(H,28,29);1H. The number of halogens is 1. The number of hydrogen-bond donors (Lipinski definition) is 1. The second-order valence-electron chi connectivity index (χ2n) is 9.47. The quantitative estimate of drug-likeness (QED) is 0.731. The summed E-state index contributed by atoms with van der Waals surface area (Å²) in [6, 6.07) is 7.55. The molecule has 0 spiro atoms. The number of aliphatic carboxylic acids is 1. The van der Waals surface area contributed by atoms with Crippen LogP contribution in [0.15, 0.2) is 18.2 Å². The topological polar surface area (TPSA) is 64.1 Å². The summed E-state index contributed by atoms with van der Waals surface area (Å²) in [7, 11) is 2.19. The van der Waals surface area contributed by atoms with Gasteiger partial charge in [0.25, 0.3) is 0 Å². The Morgan fingerprint density at radius 3 is 2.55 bits per heavy atom. The van der Waals surface area contributed by atoms with Crippen LogP contribution in [-0.2, 0) is 17.6 Å². The van der Waals surface area contributed by atoms with E-state index < -0.39 is 5.97 Å². The molecule has 1 atom stereocenters. The Balaban J connectivity index is 0.00000272. The van der Waals surface area contributed by atoms with E-state index in [0.717, 1.165) is 70.3 Å². The van der Waals surface area contributed by atoms with Crippen molar-refractivity contribution in [2.24, 2.45) is 5.92 Å². The fourth-order valence-electron chi connectivity index (χ4n) is 5.41. The van der Waals surface area contributed by atoms with E-state index in [1.165, 1.54) is 11.1 Å². The fraction of sp³-hybridized carbons (Fsp3) is 0.667. The average Bonchev–Trinajstić information content (AvgIpc) is 3.05. The number of amides is 2. The van der Waals surface area contributed by atoms with Gasteiger partial charge in [-0.25, -0.2) is 4.79 Å². The summed E-state index contributed by atoms with van der Waals surface area (Å²) in [5.41, 5.74) is 3.83. The van der Waals surface area contributed by atoms with Crippen molar-refractivity contribution in [1.29, 1.82) is 0 Å². The molecule has 0 bridgehead atoms. The van der Waals surface area contributed by atoms with Crippen molar-refractivity contribution < 1.29 is 14.7 Å². The van der Waals surface area contributed by atoms with E-state index in [-0.39, 0.29) is 24.9 Å². The number of anilines is 1. The van der Waals surface area contributed by atoms with Crippen molar-refractivity contribution >= 4 is 30.1 Å². The summed E-state index contributed by atoms with van der Waals surface area (Å²) in [6.07, 6.45) is 7.20. The van der Waals surface area contributed by atoms with Crippen molar-refractivity contribution in [3.63, 3.8) is 0 Å². The zero-order valence-corrected chi connectivity index (χ0v) is 19.6. The molecule has 1 aliphatic carbocycles. The first-order chi connectivity index (χ1) is 14.4. The maximum atomic E-state index is 13.2. The number of likely N-dealkylation sites (N-methyl/N-ethyl adjacent to an activating group) is 1. The highest BCUT2D eigenvalue weighted by molar-refractivity contribution is 5.94. The summed E-state index contributed by atoms with van der Waals surface area (Å²) in [4.78, 5) is 30.5. The van der Waals surface area contributed by atoms with Gasteiger partial charge in [0, 0.05) is 43.8 Å². The lowest BCUT2D eigenvalue weighted by atomic mass is 9.83. The molecule has 4 rings (SSSR count). The van der Waals surface area contributed by atoms with Crippen LogP contribution < -0.4 is 4.90 Å². The maximum Gasteiger partial charge on any atom is 0.324 e. The van der Waals surface area contributed by atoms with Gasteiger partial charge in [-0.1, -0.05) is 6.07 Å². The van der Waals surface area contributed by atoms with E-state index in [1.807, 2.05) is 4.90 Å². The van der Waals surface area contributed by atoms with Crippen LogP contribution in [0.3, 0.4) is 0 Å². The van der Waals surface area contributed by atoms with E-state index in [9.17, 15) is 9.59 Å². The van der Waals surface area contributed by atoms with Crippen molar-refractivity contribution in [2.45, 2.75) is 70.4 Å². The van der Waals surface area contributed by atoms with E-state index in [4.69, 9.17) is 5.11 Å². The normalized spacial score (nSPS) is 26.9. The molecule has 2 fully saturated rings. The third-order valence-corrected chi connectivity index (χ3v) is 7.57. The van der Waals surface area contributed by atoms with Gasteiger partial charge in [-0.05, 0) is 88.1 Å². The number of hydrogen-bond acceptors (Lipinski definition) is 3. The summed E-state index contributed by atoms with van der Waals surface area (Å²) in [5.74, 6) is -0.208. The van der Waals surface area contributed by atoms with Crippen LogP contribution in [0.25, 0.3) is 0 Å². The molecule has 0 aromatic heterocycles. The number of fused-ring (bicyclic) bond motifs is 1. The summed E-state index contributed by atoms with van der Waals surface area (Å²) in [5, 5.41) is 8.90. The largest absolute Gasteiger partial charge is 0.481 e. The smallest absolute Gasteiger partial charge is 0.324 e. The van der Waals surface area contributed by atoms with Gasteiger partial charge in [0.1, 0.15) is 0 Å². The average molecular weight is 450 g/mol. The number of benzene rings is 1. The first-order valence-electron chi connectivity index (χ1n) is 11.5. The number of nitrogens with zero attached hydrogens (tertiary/aromatic N) is 3. The highest BCUT2D eigenvalue weighted by Gasteiger charge is 2.36. The Morgan fingerprint density at radius 1 is 1.10 bits per heavy atom. The van der Waals surface area contributed by atoms with E-state index in [0.29, 0.717) is 18.0 Å². The molecule has 1 saturated carbocycles. The Morgan fingerprint density at radius 2 is 1.84 bits per heavy atom. The zero-order valence-electron chi connectivity index (χ0n) is 18.8. The number of carboxylic acids is 1. The van der Waals surface area contributed by atoms with Gasteiger partial charge in [0.2, 0.25) is 0 Å². The van der Waals surface area contributed by atoms with Gasteiger partial charge < -0.3 is 14.9 Å². The molecule has 1 aromatic rings. The summed E-state index contributed by atoms with van der Waals surface area (Å²) in [6.45, 7) is 4.90. The molecule has 2 amide bonds. The third-order valence-electron chi connectivity index (χ3n) is 7.57. The van der Waals surface area contributed by atoms with Crippen molar-refractivity contribution in [3.05, 3.63) is 29.3 Å². The molecule has 1 N–H and O–H groups in total. The Bertz CT molecular complexity index is 794. The SMILES string of the molecule is CC1Cc2cc(N3CCN(C4CCC(CCC(=O)O)CC4)C3=O)ccc2CCN1C.Cl. The van der Waals surface area contributed by atoms with Crippen LogP contribution >= 0.6 is 12.4 Å². The molecule has 0 radical (unpaired) electrons. The molecule has 2 heterocycles. The number of carbonyl (C=O) groups excluding carboxylic acids is 1. The van der Waals surface area contributed by atoms with Crippen molar-refractivity contribution in [2.75, 3.05) is 31.6 Å². The van der Waals surface area contributed by atoms with Crippen molar-refractivity contribution in [3.8, 4) is 0 Å². The van der Waals surface area contributed by atoms with Crippen LogP contribution in [0.2, 0.25) is 0 Å². The minimum atomic E-state index is -0.704. The number of urea groups is 1. The molecule has 172 valence electrons. The monoisotopic (exact) mass is 449 g/mol. The third kappa shape index (κ3) is 5.35. The minimum Gasteiger partial charge on any atom is -0.481 e. The Labute approximate surface area is 192 Å². The van der Waals surface area contributed by atoms with E-state index in [1.54, 1.807) is 0 Å². The molecule has 6 nitrogen and oxygen atoms in total. The predicted octanol–water partition coefficient (Wildman–Crippen LogP) is 4.19. The zero-order chi connectivity index (χ0) is 21.3.